The minimum Gasteiger partial charge on any atom is -0.326 e. The molecule has 0 bridgehead atoms. The van der Waals surface area contributed by atoms with E-state index < -0.39 is 11.3 Å². The van der Waals surface area contributed by atoms with E-state index in [1.807, 2.05) is 0 Å². The molecule has 0 atom stereocenters. The van der Waals surface area contributed by atoms with Gasteiger partial charge in [-0.15, -0.1) is 0 Å². The number of benzene rings is 2. The Labute approximate surface area is 156 Å². The number of anilines is 1. The zero-order valence-electron chi connectivity index (χ0n) is 15.3. The van der Waals surface area contributed by atoms with Crippen molar-refractivity contribution in [2.45, 2.75) is 20.8 Å². The van der Waals surface area contributed by atoms with Crippen LogP contribution in [0, 0.1) is 5.41 Å². The third kappa shape index (κ3) is 4.03. The Morgan fingerprint density at radius 1 is 1.04 bits per heavy atom. The number of hydrogen-bond acceptors (Lipinski definition) is 4. The fraction of sp³-hybridized carbons (Fsp3) is 0.200. The first-order chi connectivity index (χ1) is 12.8. The average Bonchev–Trinajstić information content (AvgIpc) is 2.63. The standard InChI is InChI=1S/C20H20N4O3/c1-20(2,3)19(27)22-14-8-6-7-13(11-14)17(25)23-24-12-21-16-10-5-4-9-15(16)18(24)26/h4-12H,1-3H3,(H,22,27)(H,23,25). The topological polar surface area (TPSA) is 93.1 Å². The number of aromatic nitrogens is 2. The van der Waals surface area contributed by atoms with E-state index in [2.05, 4.69) is 15.7 Å². The lowest BCUT2D eigenvalue weighted by Gasteiger charge is -2.18. The van der Waals surface area contributed by atoms with Gasteiger partial charge in [-0.05, 0) is 30.3 Å². The van der Waals surface area contributed by atoms with Crippen molar-refractivity contribution < 1.29 is 9.59 Å². The third-order valence-corrected chi connectivity index (χ3v) is 3.95. The number of carbonyl (C=O) groups is 2. The van der Waals surface area contributed by atoms with Crippen LogP contribution in [-0.4, -0.2) is 21.5 Å². The second-order valence-electron chi connectivity index (χ2n) is 7.16. The van der Waals surface area contributed by atoms with Crippen molar-refractivity contribution in [3.8, 4) is 0 Å². The first-order valence-corrected chi connectivity index (χ1v) is 8.45. The molecule has 0 aliphatic carbocycles. The highest BCUT2D eigenvalue weighted by molar-refractivity contribution is 6.02. The predicted molar refractivity (Wildman–Crippen MR) is 104 cm³/mol. The molecule has 7 heteroatoms. The lowest BCUT2D eigenvalue weighted by atomic mass is 9.95. The molecule has 0 aliphatic rings. The molecule has 2 N–H and O–H groups in total. The molecule has 3 rings (SSSR count). The van der Waals surface area contributed by atoms with Gasteiger partial charge < -0.3 is 5.32 Å². The van der Waals surface area contributed by atoms with Crippen LogP contribution in [0.2, 0.25) is 0 Å². The SMILES string of the molecule is CC(C)(C)C(=O)Nc1cccc(C(=O)Nn2cnc3ccccc3c2=O)c1. The number of carbonyl (C=O) groups excluding carboxylic acids is 2. The molecule has 3 aromatic rings. The molecule has 0 radical (unpaired) electrons. The molecule has 0 fully saturated rings. The highest BCUT2D eigenvalue weighted by atomic mass is 16.2. The minimum atomic E-state index is -0.553. The van der Waals surface area contributed by atoms with Gasteiger partial charge in [0.2, 0.25) is 5.91 Å². The molecular formula is C20H20N4O3. The number of nitrogens with zero attached hydrogens (tertiary/aromatic N) is 2. The molecule has 0 aliphatic heterocycles. The molecule has 138 valence electrons. The second-order valence-corrected chi connectivity index (χ2v) is 7.16. The highest BCUT2D eigenvalue weighted by Crippen LogP contribution is 2.18. The van der Waals surface area contributed by atoms with Gasteiger partial charge in [-0.3, -0.25) is 19.8 Å². The monoisotopic (exact) mass is 364 g/mol. The number of fused-ring (bicyclic) bond motifs is 1. The number of hydrogen-bond donors (Lipinski definition) is 2. The number of para-hydroxylation sites is 1. The number of nitrogens with one attached hydrogen (secondary N) is 2. The fourth-order valence-corrected chi connectivity index (χ4v) is 2.38. The van der Waals surface area contributed by atoms with E-state index in [1.54, 1.807) is 69.3 Å². The van der Waals surface area contributed by atoms with Crippen molar-refractivity contribution in [2.24, 2.45) is 5.41 Å². The van der Waals surface area contributed by atoms with E-state index in [9.17, 15) is 14.4 Å². The Bertz CT molecular complexity index is 1080. The lowest BCUT2D eigenvalue weighted by Crippen LogP contribution is -2.33. The summed E-state index contributed by atoms with van der Waals surface area (Å²) in [7, 11) is 0. The Morgan fingerprint density at radius 2 is 1.78 bits per heavy atom. The second kappa shape index (κ2) is 7.03. The summed E-state index contributed by atoms with van der Waals surface area (Å²) in [6.07, 6.45) is 1.27. The molecule has 2 aromatic carbocycles. The molecular weight excluding hydrogens is 344 g/mol. The van der Waals surface area contributed by atoms with Crippen LogP contribution >= 0.6 is 0 Å². The van der Waals surface area contributed by atoms with Gasteiger partial charge >= 0.3 is 0 Å². The maximum atomic E-state index is 12.5. The van der Waals surface area contributed by atoms with Gasteiger partial charge in [-0.2, -0.15) is 0 Å². The van der Waals surface area contributed by atoms with E-state index in [4.69, 9.17) is 0 Å². The molecule has 0 saturated carbocycles. The predicted octanol–water partition coefficient (Wildman–Crippen LogP) is 2.77. The van der Waals surface area contributed by atoms with Gasteiger partial charge in [0.05, 0.1) is 10.9 Å². The lowest BCUT2D eigenvalue weighted by molar-refractivity contribution is -0.123. The molecule has 1 heterocycles. The van der Waals surface area contributed by atoms with E-state index in [1.165, 1.54) is 6.33 Å². The number of rotatable bonds is 3. The van der Waals surface area contributed by atoms with Crippen molar-refractivity contribution in [2.75, 3.05) is 10.7 Å². The normalized spacial score (nSPS) is 11.2. The molecule has 0 spiro atoms. The van der Waals surface area contributed by atoms with Crippen LogP contribution in [0.3, 0.4) is 0 Å². The van der Waals surface area contributed by atoms with Crippen LogP contribution in [0.15, 0.2) is 59.7 Å². The maximum Gasteiger partial charge on any atom is 0.280 e. The zero-order valence-corrected chi connectivity index (χ0v) is 15.3. The molecule has 0 saturated heterocycles. The summed E-state index contributed by atoms with van der Waals surface area (Å²) in [5.74, 6) is -0.643. The maximum absolute atomic E-state index is 12.5. The molecule has 7 nitrogen and oxygen atoms in total. The summed E-state index contributed by atoms with van der Waals surface area (Å²) >= 11 is 0. The Kier molecular flexibility index (Phi) is 4.77. The fourth-order valence-electron chi connectivity index (χ4n) is 2.38. The smallest absolute Gasteiger partial charge is 0.280 e. The number of amides is 2. The van der Waals surface area contributed by atoms with Gasteiger partial charge in [-0.1, -0.05) is 39.0 Å². The third-order valence-electron chi connectivity index (χ3n) is 3.95. The van der Waals surface area contributed by atoms with E-state index >= 15 is 0 Å². The van der Waals surface area contributed by atoms with Crippen molar-refractivity contribution >= 4 is 28.4 Å². The van der Waals surface area contributed by atoms with Crippen molar-refractivity contribution in [1.82, 2.24) is 9.66 Å². The van der Waals surface area contributed by atoms with Crippen LogP contribution in [0.25, 0.3) is 10.9 Å². The first-order valence-electron chi connectivity index (χ1n) is 8.45. The van der Waals surface area contributed by atoms with Crippen LogP contribution < -0.4 is 16.3 Å². The van der Waals surface area contributed by atoms with Crippen LogP contribution in [0.4, 0.5) is 5.69 Å². The van der Waals surface area contributed by atoms with Gasteiger partial charge in [-0.25, -0.2) is 9.66 Å². The van der Waals surface area contributed by atoms with Crippen molar-refractivity contribution in [3.63, 3.8) is 0 Å². The Hall–Kier alpha value is -3.48. The molecule has 27 heavy (non-hydrogen) atoms. The first kappa shape index (κ1) is 18.3. The largest absolute Gasteiger partial charge is 0.326 e. The van der Waals surface area contributed by atoms with Crippen LogP contribution in [0.5, 0.6) is 0 Å². The Morgan fingerprint density at radius 3 is 2.52 bits per heavy atom. The molecule has 1 aromatic heterocycles. The Balaban J connectivity index is 1.83. The summed E-state index contributed by atoms with van der Waals surface area (Å²) < 4.78 is 1.05. The van der Waals surface area contributed by atoms with E-state index in [-0.39, 0.29) is 11.5 Å². The molecule has 0 unspecified atom stereocenters. The summed E-state index contributed by atoms with van der Waals surface area (Å²) in [4.78, 5) is 41.3. The summed E-state index contributed by atoms with van der Waals surface area (Å²) in [5.41, 5.74) is 2.97. The van der Waals surface area contributed by atoms with Crippen molar-refractivity contribution in [1.29, 1.82) is 0 Å². The highest BCUT2D eigenvalue weighted by Gasteiger charge is 2.21. The summed E-state index contributed by atoms with van der Waals surface area (Å²) in [6.45, 7) is 5.41. The quantitative estimate of drug-likeness (QED) is 0.747. The summed E-state index contributed by atoms with van der Waals surface area (Å²) in [5, 5.41) is 3.19. The van der Waals surface area contributed by atoms with Crippen molar-refractivity contribution in [3.05, 3.63) is 70.8 Å². The van der Waals surface area contributed by atoms with Gasteiger partial charge in [0.1, 0.15) is 6.33 Å². The van der Waals surface area contributed by atoms with Gasteiger partial charge in [0.25, 0.3) is 11.5 Å². The van der Waals surface area contributed by atoms with Crippen LogP contribution in [0.1, 0.15) is 31.1 Å². The van der Waals surface area contributed by atoms with Crippen LogP contribution in [-0.2, 0) is 4.79 Å². The van der Waals surface area contributed by atoms with Gasteiger partial charge in [0, 0.05) is 16.7 Å². The average molecular weight is 364 g/mol. The summed E-state index contributed by atoms with van der Waals surface area (Å²) in [6, 6.07) is 13.4. The van der Waals surface area contributed by atoms with Gasteiger partial charge in [0.15, 0.2) is 0 Å². The zero-order chi connectivity index (χ0) is 19.6. The van der Waals surface area contributed by atoms with E-state index in [0.717, 1.165) is 4.68 Å². The van der Waals surface area contributed by atoms with E-state index in [0.29, 0.717) is 22.2 Å². The molecule has 2 amide bonds. The minimum absolute atomic E-state index is 0.157.